The number of hydrogen-bond donors (Lipinski definition) is 1. The molecule has 2 amide bonds. The van der Waals surface area contributed by atoms with Crippen molar-refractivity contribution in [2.24, 2.45) is 11.8 Å². The summed E-state index contributed by atoms with van der Waals surface area (Å²) in [5, 5.41) is 3.02. The average Bonchev–Trinajstić information content (AvgIpc) is 3.45. The first-order chi connectivity index (χ1) is 18.2. The molecule has 0 spiro atoms. The van der Waals surface area contributed by atoms with Gasteiger partial charge in [-0.3, -0.25) is 14.5 Å². The van der Waals surface area contributed by atoms with Gasteiger partial charge in [-0.15, -0.1) is 0 Å². The molecule has 0 aromatic heterocycles. The highest BCUT2D eigenvalue weighted by atomic mass is 19.1. The van der Waals surface area contributed by atoms with Crippen molar-refractivity contribution in [1.82, 2.24) is 9.80 Å². The molecule has 0 saturated heterocycles. The van der Waals surface area contributed by atoms with Crippen LogP contribution in [-0.4, -0.2) is 67.6 Å². The first-order valence-electron chi connectivity index (χ1n) is 13.6. The zero-order valence-corrected chi connectivity index (χ0v) is 22.9. The van der Waals surface area contributed by atoms with E-state index in [2.05, 4.69) is 24.1 Å². The van der Waals surface area contributed by atoms with Gasteiger partial charge in [-0.25, -0.2) is 4.39 Å². The van der Waals surface area contributed by atoms with E-state index in [1.54, 1.807) is 49.4 Å². The van der Waals surface area contributed by atoms with Crippen molar-refractivity contribution in [2.45, 2.75) is 58.2 Å². The first kappa shape index (κ1) is 28.0. The van der Waals surface area contributed by atoms with Gasteiger partial charge in [-0.2, -0.15) is 0 Å². The molecule has 0 bridgehead atoms. The molecule has 8 heteroatoms. The van der Waals surface area contributed by atoms with Crippen LogP contribution in [0.4, 0.5) is 10.1 Å². The lowest BCUT2D eigenvalue weighted by atomic mass is 10.0. The van der Waals surface area contributed by atoms with Crippen LogP contribution in [0.2, 0.25) is 0 Å². The molecule has 7 nitrogen and oxygen atoms in total. The number of hydrogen-bond acceptors (Lipinski definition) is 5. The summed E-state index contributed by atoms with van der Waals surface area (Å²) in [4.78, 5) is 30.1. The summed E-state index contributed by atoms with van der Waals surface area (Å²) < 4.78 is 25.6. The van der Waals surface area contributed by atoms with E-state index in [0.29, 0.717) is 43.2 Å². The summed E-state index contributed by atoms with van der Waals surface area (Å²) in [5.74, 6) is 0.228. The number of likely N-dealkylation sites (N-methyl/N-ethyl adjacent to an activating group) is 1. The summed E-state index contributed by atoms with van der Waals surface area (Å²) in [5.41, 5.74) is 2.09. The van der Waals surface area contributed by atoms with E-state index in [-0.39, 0.29) is 41.6 Å². The third kappa shape index (κ3) is 6.91. The molecule has 1 N–H and O–H groups in total. The standard InChI is InChI=1S/C30H40FN3O4/c1-20-16-34(17-22-9-11-24(31)12-10-22)21(2)19-38-27-15-25(32-29(35)23-7-5-6-8-23)13-14-26(27)30(36)33(3)18-28(20)37-4/h9-15,20-21,23,28H,5-8,16-19H2,1-4H3,(H,32,35)/t20-,21-,28-/m1/s1. The van der Waals surface area contributed by atoms with E-state index in [4.69, 9.17) is 9.47 Å². The number of benzene rings is 2. The highest BCUT2D eigenvalue weighted by Crippen LogP contribution is 2.29. The second kappa shape index (κ2) is 12.7. The van der Waals surface area contributed by atoms with Crippen LogP contribution in [0.25, 0.3) is 0 Å². The molecule has 0 unspecified atom stereocenters. The van der Waals surface area contributed by atoms with Gasteiger partial charge in [0.2, 0.25) is 5.91 Å². The molecule has 1 fully saturated rings. The lowest BCUT2D eigenvalue weighted by Crippen LogP contribution is -2.46. The number of ether oxygens (including phenoxy) is 2. The van der Waals surface area contributed by atoms with Crippen molar-refractivity contribution in [3.05, 3.63) is 59.4 Å². The second-order valence-corrected chi connectivity index (χ2v) is 10.8. The van der Waals surface area contributed by atoms with Gasteiger partial charge in [0.1, 0.15) is 18.2 Å². The Labute approximate surface area is 225 Å². The van der Waals surface area contributed by atoms with E-state index < -0.39 is 0 Å². The van der Waals surface area contributed by atoms with Crippen molar-refractivity contribution < 1.29 is 23.5 Å². The molecule has 206 valence electrons. The van der Waals surface area contributed by atoms with Gasteiger partial charge in [0.05, 0.1) is 11.7 Å². The topological polar surface area (TPSA) is 71.1 Å². The van der Waals surface area contributed by atoms with E-state index in [1.807, 2.05) is 0 Å². The monoisotopic (exact) mass is 525 g/mol. The van der Waals surface area contributed by atoms with Gasteiger partial charge < -0.3 is 19.7 Å². The maximum absolute atomic E-state index is 13.5. The first-order valence-corrected chi connectivity index (χ1v) is 13.6. The second-order valence-electron chi connectivity index (χ2n) is 10.8. The van der Waals surface area contributed by atoms with E-state index in [0.717, 1.165) is 31.2 Å². The van der Waals surface area contributed by atoms with Crippen LogP contribution in [0, 0.1) is 17.7 Å². The summed E-state index contributed by atoms with van der Waals surface area (Å²) >= 11 is 0. The van der Waals surface area contributed by atoms with Gasteiger partial charge >= 0.3 is 0 Å². The van der Waals surface area contributed by atoms with Crippen LogP contribution in [0.1, 0.15) is 55.5 Å². The Morgan fingerprint density at radius 3 is 2.50 bits per heavy atom. The number of fused-ring (bicyclic) bond motifs is 1. The number of carbonyl (C=O) groups excluding carboxylic acids is 2. The van der Waals surface area contributed by atoms with Crippen molar-refractivity contribution in [1.29, 1.82) is 0 Å². The molecule has 0 radical (unpaired) electrons. The number of carbonyl (C=O) groups is 2. The zero-order valence-electron chi connectivity index (χ0n) is 22.9. The highest BCUT2D eigenvalue weighted by molar-refractivity contribution is 5.98. The number of methoxy groups -OCH3 is 1. The quantitative estimate of drug-likeness (QED) is 0.598. The molecule has 1 aliphatic heterocycles. The van der Waals surface area contributed by atoms with Crippen LogP contribution >= 0.6 is 0 Å². The normalized spacial score (nSPS) is 23.8. The lowest BCUT2D eigenvalue weighted by molar-refractivity contribution is -0.119. The lowest BCUT2D eigenvalue weighted by Gasteiger charge is -2.36. The highest BCUT2D eigenvalue weighted by Gasteiger charge is 2.29. The van der Waals surface area contributed by atoms with Gasteiger partial charge in [-0.05, 0) is 55.5 Å². The molecule has 1 aliphatic carbocycles. The van der Waals surface area contributed by atoms with Crippen LogP contribution < -0.4 is 10.1 Å². The average molecular weight is 526 g/mol. The Balaban J connectivity index is 1.60. The Morgan fingerprint density at radius 1 is 1.11 bits per heavy atom. The number of rotatable bonds is 5. The Morgan fingerprint density at radius 2 is 1.82 bits per heavy atom. The minimum absolute atomic E-state index is 0.00291. The van der Waals surface area contributed by atoms with Crippen molar-refractivity contribution in [3.63, 3.8) is 0 Å². The predicted octanol–water partition coefficient (Wildman–Crippen LogP) is 4.96. The zero-order chi connectivity index (χ0) is 27.2. The van der Waals surface area contributed by atoms with Crippen molar-refractivity contribution in [2.75, 3.05) is 39.2 Å². The molecular formula is C30H40FN3O4. The van der Waals surface area contributed by atoms with E-state index >= 15 is 0 Å². The van der Waals surface area contributed by atoms with Gasteiger partial charge in [0, 0.05) is 57.5 Å². The fraction of sp³-hybridized carbons (Fsp3) is 0.533. The molecule has 1 saturated carbocycles. The fourth-order valence-corrected chi connectivity index (χ4v) is 5.40. The van der Waals surface area contributed by atoms with Gasteiger partial charge in [-0.1, -0.05) is 31.9 Å². The maximum Gasteiger partial charge on any atom is 0.257 e. The minimum atomic E-state index is -0.258. The number of amides is 2. The van der Waals surface area contributed by atoms with Crippen molar-refractivity contribution in [3.8, 4) is 5.75 Å². The molecular weight excluding hydrogens is 485 g/mol. The fourth-order valence-electron chi connectivity index (χ4n) is 5.40. The number of anilines is 1. The molecule has 4 rings (SSSR count). The van der Waals surface area contributed by atoms with Crippen LogP contribution in [0.15, 0.2) is 42.5 Å². The minimum Gasteiger partial charge on any atom is -0.491 e. The maximum atomic E-state index is 13.5. The van der Waals surface area contributed by atoms with E-state index in [9.17, 15) is 14.0 Å². The SMILES string of the molecule is CO[C@@H]1CN(C)C(=O)c2ccc(NC(=O)C3CCCC3)cc2OC[C@@H](C)N(Cc2ccc(F)cc2)C[C@H]1C. The number of nitrogens with one attached hydrogen (secondary N) is 1. The Bertz CT molecular complexity index is 1100. The third-order valence-electron chi connectivity index (χ3n) is 7.87. The molecule has 2 aromatic rings. The summed E-state index contributed by atoms with van der Waals surface area (Å²) in [6, 6.07) is 11.8. The van der Waals surface area contributed by atoms with Crippen LogP contribution in [0.5, 0.6) is 5.75 Å². The largest absolute Gasteiger partial charge is 0.491 e. The Hall–Kier alpha value is -2.97. The molecule has 2 aromatic carbocycles. The molecule has 1 heterocycles. The van der Waals surface area contributed by atoms with Gasteiger partial charge in [0.15, 0.2) is 0 Å². The summed E-state index contributed by atoms with van der Waals surface area (Å²) in [6.45, 7) is 6.32. The molecule has 2 aliphatic rings. The Kier molecular flexibility index (Phi) is 9.39. The smallest absolute Gasteiger partial charge is 0.257 e. The van der Waals surface area contributed by atoms with Crippen molar-refractivity contribution >= 4 is 17.5 Å². The summed E-state index contributed by atoms with van der Waals surface area (Å²) in [6.07, 6.45) is 3.83. The predicted molar refractivity (Wildman–Crippen MR) is 146 cm³/mol. The molecule has 38 heavy (non-hydrogen) atoms. The third-order valence-corrected chi connectivity index (χ3v) is 7.87. The van der Waals surface area contributed by atoms with Crippen LogP contribution in [0.3, 0.4) is 0 Å². The van der Waals surface area contributed by atoms with Gasteiger partial charge in [0.25, 0.3) is 5.91 Å². The number of nitrogens with zero attached hydrogens (tertiary/aromatic N) is 2. The molecule has 3 atom stereocenters. The van der Waals surface area contributed by atoms with E-state index in [1.165, 1.54) is 12.1 Å². The summed E-state index contributed by atoms with van der Waals surface area (Å²) in [7, 11) is 3.45. The van der Waals surface area contributed by atoms with Crippen LogP contribution in [-0.2, 0) is 16.1 Å². The number of halogens is 1.